The number of benzene rings is 1. The number of ether oxygens (including phenoxy) is 1. The van der Waals surface area contributed by atoms with E-state index in [1.165, 1.54) is 4.90 Å². The summed E-state index contributed by atoms with van der Waals surface area (Å²) in [6.07, 6.45) is 1.37. The van der Waals surface area contributed by atoms with Crippen LogP contribution < -0.4 is 5.32 Å². The minimum atomic E-state index is -0.797. The SMILES string of the molecule is CCOC(=O)[C@H]1[C@H]2C(=O)N([C@H](C)CO)C(C(=O)Nc3ccc(Cl)cc3)C23CC[C@]1(C)S3. The lowest BCUT2D eigenvalue weighted by Gasteiger charge is -2.35. The highest BCUT2D eigenvalue weighted by atomic mass is 35.5. The van der Waals surface area contributed by atoms with Crippen LogP contribution in [0.1, 0.15) is 33.6 Å². The van der Waals surface area contributed by atoms with E-state index < -0.39 is 33.4 Å². The van der Waals surface area contributed by atoms with Crippen molar-refractivity contribution in [3.05, 3.63) is 29.3 Å². The first-order valence-corrected chi connectivity index (χ1v) is 11.7. The predicted octanol–water partition coefficient (Wildman–Crippen LogP) is 2.70. The van der Waals surface area contributed by atoms with E-state index in [1.54, 1.807) is 49.9 Å². The Morgan fingerprint density at radius 2 is 2.03 bits per heavy atom. The van der Waals surface area contributed by atoms with Crippen LogP contribution in [0.5, 0.6) is 0 Å². The van der Waals surface area contributed by atoms with Crippen LogP contribution in [-0.2, 0) is 19.1 Å². The zero-order valence-corrected chi connectivity index (χ0v) is 19.3. The molecule has 3 aliphatic rings. The standard InChI is InChI=1S/C22H27ClN2O5S/c1-4-30-20(29)16-15-19(28)25(12(2)11-26)17(22(15)10-9-21(16,3)31-22)18(27)24-14-7-5-13(23)6-8-14/h5-8,12,15-17,26H,4,9-11H2,1-3H3,(H,24,27)/t12-,15+,16-,17?,21+,22?/m1/s1. The average Bonchev–Trinajstić information content (AvgIpc) is 3.30. The third kappa shape index (κ3) is 3.34. The molecule has 2 N–H and O–H groups in total. The fraction of sp³-hybridized carbons (Fsp3) is 0.591. The molecule has 4 rings (SSSR count). The Morgan fingerprint density at radius 1 is 1.35 bits per heavy atom. The summed E-state index contributed by atoms with van der Waals surface area (Å²) >= 11 is 7.52. The molecular formula is C22H27ClN2O5S. The van der Waals surface area contributed by atoms with Gasteiger partial charge in [-0.3, -0.25) is 14.4 Å². The van der Waals surface area contributed by atoms with Crippen LogP contribution in [0.25, 0.3) is 0 Å². The number of nitrogens with one attached hydrogen (secondary N) is 1. The maximum atomic E-state index is 13.6. The highest BCUT2D eigenvalue weighted by Crippen LogP contribution is 2.71. The molecule has 3 fully saturated rings. The smallest absolute Gasteiger partial charge is 0.311 e. The molecule has 1 spiro atoms. The first kappa shape index (κ1) is 22.4. The number of likely N-dealkylation sites (tertiary alicyclic amines) is 1. The summed E-state index contributed by atoms with van der Waals surface area (Å²) < 4.78 is 4.14. The molecule has 3 heterocycles. The third-order valence-electron chi connectivity index (χ3n) is 6.85. The number of amides is 2. The van der Waals surface area contributed by atoms with Gasteiger partial charge in [0.1, 0.15) is 6.04 Å². The van der Waals surface area contributed by atoms with Crippen molar-refractivity contribution in [2.75, 3.05) is 18.5 Å². The Morgan fingerprint density at radius 3 is 2.65 bits per heavy atom. The van der Waals surface area contributed by atoms with E-state index >= 15 is 0 Å². The second kappa shape index (κ2) is 7.98. The van der Waals surface area contributed by atoms with Gasteiger partial charge in [0.2, 0.25) is 11.8 Å². The predicted molar refractivity (Wildman–Crippen MR) is 119 cm³/mol. The lowest BCUT2D eigenvalue weighted by atomic mass is 9.66. The normalized spacial score (nSPS) is 34.5. The molecular weight excluding hydrogens is 440 g/mol. The van der Waals surface area contributed by atoms with Gasteiger partial charge in [0.05, 0.1) is 35.8 Å². The molecule has 31 heavy (non-hydrogen) atoms. The largest absolute Gasteiger partial charge is 0.466 e. The summed E-state index contributed by atoms with van der Waals surface area (Å²) in [5.41, 5.74) is 0.573. The zero-order chi connectivity index (χ0) is 22.6. The van der Waals surface area contributed by atoms with Crippen LogP contribution in [0.4, 0.5) is 5.69 Å². The van der Waals surface area contributed by atoms with Crippen LogP contribution in [0.3, 0.4) is 0 Å². The molecule has 7 nitrogen and oxygen atoms in total. The Labute approximate surface area is 190 Å². The molecule has 0 saturated carbocycles. The highest BCUT2D eigenvalue weighted by Gasteiger charge is 2.77. The molecule has 168 valence electrons. The average molecular weight is 467 g/mol. The summed E-state index contributed by atoms with van der Waals surface area (Å²) in [6, 6.07) is 5.42. The number of halogens is 1. The van der Waals surface area contributed by atoms with E-state index in [0.717, 1.165) is 6.42 Å². The van der Waals surface area contributed by atoms with Gasteiger partial charge in [-0.25, -0.2) is 0 Å². The van der Waals surface area contributed by atoms with E-state index in [9.17, 15) is 19.5 Å². The molecule has 2 unspecified atom stereocenters. The van der Waals surface area contributed by atoms with E-state index in [2.05, 4.69) is 5.32 Å². The number of carbonyl (C=O) groups is 3. The van der Waals surface area contributed by atoms with Crippen molar-refractivity contribution in [3.8, 4) is 0 Å². The van der Waals surface area contributed by atoms with E-state index in [1.807, 2.05) is 6.92 Å². The van der Waals surface area contributed by atoms with Gasteiger partial charge < -0.3 is 20.1 Å². The van der Waals surface area contributed by atoms with Gasteiger partial charge in [0.25, 0.3) is 0 Å². The number of rotatable bonds is 6. The lowest BCUT2D eigenvalue weighted by molar-refractivity contribution is -0.155. The number of anilines is 1. The van der Waals surface area contributed by atoms with Crippen LogP contribution >= 0.6 is 23.4 Å². The molecule has 2 amide bonds. The fourth-order valence-corrected chi connectivity index (χ4v) is 8.02. The summed E-state index contributed by atoms with van der Waals surface area (Å²) in [5, 5.41) is 13.3. The summed E-state index contributed by atoms with van der Waals surface area (Å²) in [7, 11) is 0. The van der Waals surface area contributed by atoms with Crippen molar-refractivity contribution in [1.82, 2.24) is 4.90 Å². The molecule has 3 saturated heterocycles. The number of thioether (sulfide) groups is 1. The van der Waals surface area contributed by atoms with Gasteiger partial charge in [-0.05, 0) is 57.9 Å². The Kier molecular flexibility index (Phi) is 5.77. The Bertz CT molecular complexity index is 912. The molecule has 0 radical (unpaired) electrons. The lowest BCUT2D eigenvalue weighted by Crippen LogP contribution is -2.54. The second-order valence-corrected chi connectivity index (χ2v) is 11.1. The number of carbonyl (C=O) groups excluding carboxylic acids is 3. The fourth-order valence-electron chi connectivity index (χ4n) is 5.56. The van der Waals surface area contributed by atoms with Gasteiger partial charge in [-0.15, -0.1) is 11.8 Å². The van der Waals surface area contributed by atoms with E-state index in [-0.39, 0.29) is 31.0 Å². The molecule has 0 aliphatic carbocycles. The zero-order valence-electron chi connectivity index (χ0n) is 17.8. The summed E-state index contributed by atoms with van der Waals surface area (Å²) in [6.45, 7) is 5.42. The number of nitrogens with zero attached hydrogens (tertiary/aromatic N) is 1. The van der Waals surface area contributed by atoms with Gasteiger partial charge in [0.15, 0.2) is 0 Å². The van der Waals surface area contributed by atoms with Crippen LogP contribution in [0.15, 0.2) is 24.3 Å². The number of aliphatic hydroxyl groups excluding tert-OH is 1. The monoisotopic (exact) mass is 466 g/mol. The quantitative estimate of drug-likeness (QED) is 0.626. The number of aliphatic hydroxyl groups is 1. The topological polar surface area (TPSA) is 95.9 Å². The molecule has 6 atom stereocenters. The van der Waals surface area contributed by atoms with Crippen molar-refractivity contribution in [3.63, 3.8) is 0 Å². The minimum Gasteiger partial charge on any atom is -0.466 e. The molecule has 9 heteroatoms. The maximum absolute atomic E-state index is 13.6. The van der Waals surface area contributed by atoms with Gasteiger partial charge in [0, 0.05) is 15.5 Å². The Hall–Kier alpha value is -1.77. The van der Waals surface area contributed by atoms with Crippen LogP contribution in [-0.4, -0.2) is 62.6 Å². The Balaban J connectivity index is 1.74. The van der Waals surface area contributed by atoms with Crippen molar-refractivity contribution in [2.24, 2.45) is 11.8 Å². The van der Waals surface area contributed by atoms with E-state index in [4.69, 9.17) is 16.3 Å². The minimum absolute atomic E-state index is 0.237. The van der Waals surface area contributed by atoms with Gasteiger partial charge in [-0.1, -0.05) is 11.6 Å². The molecule has 1 aromatic carbocycles. The van der Waals surface area contributed by atoms with Crippen molar-refractivity contribution < 1.29 is 24.2 Å². The number of hydrogen-bond donors (Lipinski definition) is 2. The number of fused-ring (bicyclic) bond motifs is 1. The highest BCUT2D eigenvalue weighted by molar-refractivity contribution is 8.02. The first-order chi connectivity index (χ1) is 14.7. The number of esters is 1. The second-order valence-electron chi connectivity index (χ2n) is 8.75. The van der Waals surface area contributed by atoms with Crippen molar-refractivity contribution in [1.29, 1.82) is 0 Å². The van der Waals surface area contributed by atoms with Crippen molar-refractivity contribution in [2.45, 2.75) is 55.2 Å². The molecule has 0 aromatic heterocycles. The summed E-state index contributed by atoms with van der Waals surface area (Å²) in [5.74, 6) is -2.22. The maximum Gasteiger partial charge on any atom is 0.311 e. The van der Waals surface area contributed by atoms with Gasteiger partial charge in [-0.2, -0.15) is 0 Å². The molecule has 2 bridgehead atoms. The first-order valence-electron chi connectivity index (χ1n) is 10.5. The van der Waals surface area contributed by atoms with Crippen molar-refractivity contribution >= 4 is 46.8 Å². The van der Waals surface area contributed by atoms with E-state index in [0.29, 0.717) is 17.1 Å². The molecule has 1 aromatic rings. The van der Waals surface area contributed by atoms with Crippen LogP contribution in [0.2, 0.25) is 5.02 Å². The molecule has 3 aliphatic heterocycles. The van der Waals surface area contributed by atoms with Gasteiger partial charge >= 0.3 is 5.97 Å². The number of hydrogen-bond acceptors (Lipinski definition) is 6. The van der Waals surface area contributed by atoms with Crippen LogP contribution in [0, 0.1) is 11.8 Å². The third-order valence-corrected chi connectivity index (χ3v) is 9.09. The summed E-state index contributed by atoms with van der Waals surface area (Å²) in [4.78, 5) is 41.6.